The molecule has 8 heteroatoms. The number of hydrogen-bond acceptors (Lipinski definition) is 6. The van der Waals surface area contributed by atoms with Crippen LogP contribution in [0.3, 0.4) is 0 Å². The first-order valence-electron chi connectivity index (χ1n) is 7.26. The van der Waals surface area contributed by atoms with Crippen molar-refractivity contribution in [1.82, 2.24) is 25.1 Å². The Kier molecular flexibility index (Phi) is 3.93. The molecule has 2 amide bonds. The molecule has 0 aliphatic carbocycles. The molecule has 0 saturated carbocycles. The van der Waals surface area contributed by atoms with Gasteiger partial charge in [0.2, 0.25) is 5.16 Å². The van der Waals surface area contributed by atoms with E-state index in [9.17, 15) is 9.59 Å². The largest absolute Gasteiger partial charge is 0.273 e. The Balaban J connectivity index is 1.66. The molecular formula is C15H17N5O2S. The molecule has 0 unspecified atom stereocenters. The van der Waals surface area contributed by atoms with Crippen LogP contribution in [-0.4, -0.2) is 49.2 Å². The van der Waals surface area contributed by atoms with Crippen molar-refractivity contribution < 1.29 is 9.59 Å². The van der Waals surface area contributed by atoms with Crippen molar-refractivity contribution in [3.05, 3.63) is 35.4 Å². The third-order valence-electron chi connectivity index (χ3n) is 3.50. The van der Waals surface area contributed by atoms with Gasteiger partial charge in [-0.25, -0.2) is 4.68 Å². The van der Waals surface area contributed by atoms with Crippen LogP contribution in [0.15, 0.2) is 29.4 Å². The fourth-order valence-electron chi connectivity index (χ4n) is 2.36. The van der Waals surface area contributed by atoms with Crippen molar-refractivity contribution in [2.75, 3.05) is 12.3 Å². The van der Waals surface area contributed by atoms with Crippen LogP contribution < -0.4 is 0 Å². The molecular weight excluding hydrogens is 314 g/mol. The SMILES string of the molecule is CC(C)(C)n1nnnc1SCCN1C(=O)c2ccccc2C1=O. The highest BCUT2D eigenvalue weighted by atomic mass is 32.2. The van der Waals surface area contributed by atoms with E-state index in [-0.39, 0.29) is 17.4 Å². The van der Waals surface area contributed by atoms with Gasteiger partial charge in [-0.1, -0.05) is 23.9 Å². The lowest BCUT2D eigenvalue weighted by molar-refractivity contribution is 0.0664. The standard InChI is InChI=1S/C15H17N5O2S/c1-15(2,3)20-14(16-17-18-20)23-9-8-19-12(21)10-6-4-5-7-11(10)13(19)22/h4-7H,8-9H2,1-3H3. The summed E-state index contributed by atoms with van der Waals surface area (Å²) in [5, 5.41) is 12.4. The van der Waals surface area contributed by atoms with Crippen LogP contribution in [0.5, 0.6) is 0 Å². The van der Waals surface area contributed by atoms with Crippen molar-refractivity contribution in [2.24, 2.45) is 0 Å². The third-order valence-corrected chi connectivity index (χ3v) is 4.40. The Bertz CT molecular complexity index is 730. The number of aromatic nitrogens is 4. The Labute approximate surface area is 138 Å². The highest BCUT2D eigenvalue weighted by Gasteiger charge is 2.34. The van der Waals surface area contributed by atoms with Crippen molar-refractivity contribution >= 4 is 23.6 Å². The maximum absolute atomic E-state index is 12.3. The number of thioether (sulfide) groups is 1. The van der Waals surface area contributed by atoms with Gasteiger partial charge in [-0.3, -0.25) is 14.5 Å². The first-order chi connectivity index (χ1) is 10.9. The van der Waals surface area contributed by atoms with E-state index in [1.807, 2.05) is 20.8 Å². The number of imide groups is 1. The van der Waals surface area contributed by atoms with E-state index < -0.39 is 0 Å². The summed E-state index contributed by atoms with van der Waals surface area (Å²) in [6.45, 7) is 6.36. The van der Waals surface area contributed by atoms with Gasteiger partial charge in [-0.05, 0) is 43.3 Å². The molecule has 0 atom stereocenters. The first-order valence-corrected chi connectivity index (χ1v) is 8.25. The predicted molar refractivity (Wildman–Crippen MR) is 85.3 cm³/mol. The summed E-state index contributed by atoms with van der Waals surface area (Å²) < 4.78 is 1.74. The summed E-state index contributed by atoms with van der Waals surface area (Å²) in [6, 6.07) is 6.89. The minimum absolute atomic E-state index is 0.221. The normalized spacial score (nSPS) is 14.5. The average molecular weight is 331 g/mol. The van der Waals surface area contributed by atoms with Crippen LogP contribution in [0.25, 0.3) is 0 Å². The quantitative estimate of drug-likeness (QED) is 0.628. The zero-order chi connectivity index (χ0) is 16.6. The van der Waals surface area contributed by atoms with E-state index >= 15 is 0 Å². The molecule has 0 spiro atoms. The lowest BCUT2D eigenvalue weighted by Crippen LogP contribution is -2.32. The first kappa shape index (κ1) is 15.7. The number of carbonyl (C=O) groups excluding carboxylic acids is 2. The molecule has 3 rings (SSSR count). The second kappa shape index (κ2) is 5.77. The fraction of sp³-hybridized carbons (Fsp3) is 0.400. The average Bonchev–Trinajstić information content (AvgIpc) is 3.06. The van der Waals surface area contributed by atoms with Gasteiger partial charge in [0.15, 0.2) is 0 Å². The maximum Gasteiger partial charge on any atom is 0.261 e. The van der Waals surface area contributed by atoms with Gasteiger partial charge in [-0.15, -0.1) is 5.10 Å². The van der Waals surface area contributed by atoms with E-state index in [1.165, 1.54) is 16.7 Å². The molecule has 7 nitrogen and oxygen atoms in total. The van der Waals surface area contributed by atoms with Crippen LogP contribution in [-0.2, 0) is 5.54 Å². The third kappa shape index (κ3) is 2.86. The van der Waals surface area contributed by atoms with Crippen molar-refractivity contribution in [2.45, 2.75) is 31.5 Å². The monoisotopic (exact) mass is 331 g/mol. The van der Waals surface area contributed by atoms with Gasteiger partial charge in [0.25, 0.3) is 11.8 Å². The number of hydrogen-bond donors (Lipinski definition) is 0. The minimum atomic E-state index is -0.235. The van der Waals surface area contributed by atoms with Gasteiger partial charge in [0, 0.05) is 12.3 Å². The molecule has 0 radical (unpaired) electrons. The highest BCUT2D eigenvalue weighted by molar-refractivity contribution is 7.99. The molecule has 0 N–H and O–H groups in total. The second-order valence-corrected chi connectivity index (χ2v) is 7.26. The van der Waals surface area contributed by atoms with Crippen LogP contribution in [0.2, 0.25) is 0 Å². The predicted octanol–water partition coefficient (Wildman–Crippen LogP) is 1.82. The molecule has 0 saturated heterocycles. The van der Waals surface area contributed by atoms with Crippen LogP contribution in [0.1, 0.15) is 41.5 Å². The molecule has 2 heterocycles. The zero-order valence-corrected chi connectivity index (χ0v) is 14.0. The highest BCUT2D eigenvalue weighted by Crippen LogP contribution is 2.25. The van der Waals surface area contributed by atoms with Crippen LogP contribution in [0.4, 0.5) is 0 Å². The Morgan fingerprint density at radius 1 is 1.09 bits per heavy atom. The minimum Gasteiger partial charge on any atom is -0.273 e. The van der Waals surface area contributed by atoms with E-state index in [1.54, 1.807) is 28.9 Å². The van der Waals surface area contributed by atoms with Gasteiger partial charge in [-0.2, -0.15) is 0 Å². The summed E-state index contributed by atoms with van der Waals surface area (Å²) in [6.07, 6.45) is 0. The molecule has 120 valence electrons. The number of rotatable bonds is 4. The van der Waals surface area contributed by atoms with Gasteiger partial charge >= 0.3 is 0 Å². The lowest BCUT2D eigenvalue weighted by Gasteiger charge is -2.19. The fourth-order valence-corrected chi connectivity index (χ4v) is 3.34. The lowest BCUT2D eigenvalue weighted by atomic mass is 10.1. The number of amides is 2. The molecule has 1 aromatic carbocycles. The van der Waals surface area contributed by atoms with Crippen LogP contribution >= 0.6 is 11.8 Å². The van der Waals surface area contributed by atoms with E-state index in [0.717, 1.165) is 0 Å². The van der Waals surface area contributed by atoms with Crippen molar-refractivity contribution in [3.8, 4) is 0 Å². The Morgan fingerprint density at radius 2 is 1.70 bits per heavy atom. The second-order valence-electron chi connectivity index (χ2n) is 6.20. The number of nitrogens with zero attached hydrogens (tertiary/aromatic N) is 5. The molecule has 1 aliphatic heterocycles. The summed E-state index contributed by atoms with van der Waals surface area (Å²) in [5.41, 5.74) is 0.727. The smallest absolute Gasteiger partial charge is 0.261 e. The van der Waals surface area contributed by atoms with Gasteiger partial charge in [0.1, 0.15) is 0 Å². The molecule has 23 heavy (non-hydrogen) atoms. The van der Waals surface area contributed by atoms with Crippen LogP contribution in [0, 0.1) is 0 Å². The number of fused-ring (bicyclic) bond motifs is 1. The summed E-state index contributed by atoms with van der Waals surface area (Å²) in [7, 11) is 0. The van der Waals surface area contributed by atoms with Crippen molar-refractivity contribution in [3.63, 3.8) is 0 Å². The van der Waals surface area contributed by atoms with E-state index in [2.05, 4.69) is 15.5 Å². The number of tetrazole rings is 1. The number of benzene rings is 1. The van der Waals surface area contributed by atoms with Crippen molar-refractivity contribution in [1.29, 1.82) is 0 Å². The van der Waals surface area contributed by atoms with E-state index in [4.69, 9.17) is 0 Å². The Hall–Kier alpha value is -2.22. The molecule has 2 aromatic rings. The molecule has 0 bridgehead atoms. The Morgan fingerprint density at radius 3 is 2.26 bits per heavy atom. The van der Waals surface area contributed by atoms with Gasteiger partial charge in [0.05, 0.1) is 16.7 Å². The summed E-state index contributed by atoms with van der Waals surface area (Å²) >= 11 is 1.43. The zero-order valence-electron chi connectivity index (χ0n) is 13.2. The maximum atomic E-state index is 12.3. The van der Waals surface area contributed by atoms with Gasteiger partial charge < -0.3 is 0 Å². The topological polar surface area (TPSA) is 81.0 Å². The summed E-state index contributed by atoms with van der Waals surface area (Å²) in [5.74, 6) is 0.0743. The molecule has 1 aliphatic rings. The molecule has 0 fully saturated rings. The number of carbonyl (C=O) groups is 2. The molecule has 1 aromatic heterocycles. The summed E-state index contributed by atoms with van der Waals surface area (Å²) in [4.78, 5) is 25.8. The van der Waals surface area contributed by atoms with E-state index in [0.29, 0.717) is 28.6 Å².